The molecule has 9 nitrogen and oxygen atoms in total. The molecule has 1 aromatic heterocycles. The zero-order valence-electron chi connectivity index (χ0n) is 17.4. The van der Waals surface area contributed by atoms with Crippen molar-refractivity contribution in [1.29, 1.82) is 0 Å². The summed E-state index contributed by atoms with van der Waals surface area (Å²) in [5.41, 5.74) is 1.77. The Labute approximate surface area is 182 Å². The van der Waals surface area contributed by atoms with E-state index in [-0.39, 0.29) is 5.76 Å². The van der Waals surface area contributed by atoms with Gasteiger partial charge in [0.25, 0.3) is 11.8 Å². The molecule has 2 heterocycles. The van der Waals surface area contributed by atoms with Crippen LogP contribution < -0.4 is 10.7 Å². The lowest BCUT2D eigenvalue weighted by Gasteiger charge is -2.33. The van der Waals surface area contributed by atoms with E-state index in [2.05, 4.69) is 17.7 Å². The third kappa shape index (κ3) is 4.20. The Bertz CT molecular complexity index is 1060. The van der Waals surface area contributed by atoms with Gasteiger partial charge in [0, 0.05) is 5.56 Å². The maximum Gasteiger partial charge on any atom is 0.374 e. The predicted molar refractivity (Wildman–Crippen MR) is 108 cm³/mol. The van der Waals surface area contributed by atoms with E-state index >= 15 is 0 Å². The molecular weight excluding hydrogens is 421 g/mol. The van der Waals surface area contributed by atoms with Gasteiger partial charge in [-0.1, -0.05) is 6.92 Å². The summed E-state index contributed by atoms with van der Waals surface area (Å²) < 4.78 is 23.3. The molecule has 1 aliphatic heterocycles. The number of hydrogen-bond acceptors (Lipinski definition) is 6. The molecule has 1 aromatic carbocycles. The van der Waals surface area contributed by atoms with Crippen molar-refractivity contribution in [3.8, 4) is 11.3 Å². The van der Waals surface area contributed by atoms with Gasteiger partial charge in [0.1, 0.15) is 17.1 Å². The van der Waals surface area contributed by atoms with Crippen molar-refractivity contribution >= 4 is 23.8 Å². The molecule has 0 atom stereocenters. The standard InChI is InChI=1S/C22H22FN3O6/c1-13-8-10-22(11-9-13)20(29)26(21(30)24-22)25-18(27)12-31-19(28)17-7-6-16(32-17)14-2-4-15(23)5-3-14/h2-7,13H,8-12H2,1H3,(H,24,30)(H,25,27). The lowest BCUT2D eigenvalue weighted by molar-refractivity contribution is -0.141. The molecule has 168 valence electrons. The number of furan rings is 1. The molecule has 0 radical (unpaired) electrons. The first kappa shape index (κ1) is 21.5. The number of hydrogen-bond donors (Lipinski definition) is 2. The number of nitrogens with one attached hydrogen (secondary N) is 2. The van der Waals surface area contributed by atoms with Gasteiger partial charge in [-0.05, 0) is 68.0 Å². The van der Waals surface area contributed by atoms with Crippen molar-refractivity contribution in [2.24, 2.45) is 5.92 Å². The average Bonchev–Trinajstić information content (AvgIpc) is 3.35. The molecule has 10 heteroatoms. The van der Waals surface area contributed by atoms with Crippen LogP contribution in [0.25, 0.3) is 11.3 Å². The second kappa shape index (κ2) is 8.45. The van der Waals surface area contributed by atoms with E-state index in [1.165, 1.54) is 36.4 Å². The van der Waals surface area contributed by atoms with Crippen LogP contribution in [0, 0.1) is 11.7 Å². The molecule has 4 amide bonds. The number of nitrogens with zero attached hydrogens (tertiary/aromatic N) is 1. The van der Waals surface area contributed by atoms with Crippen LogP contribution in [0.5, 0.6) is 0 Å². The van der Waals surface area contributed by atoms with Crippen LogP contribution in [0.4, 0.5) is 9.18 Å². The van der Waals surface area contributed by atoms with Crippen LogP contribution in [-0.4, -0.2) is 41.0 Å². The number of hydrazine groups is 1. The molecule has 2 fully saturated rings. The zero-order chi connectivity index (χ0) is 22.9. The van der Waals surface area contributed by atoms with E-state index in [1.807, 2.05) is 0 Å². The number of urea groups is 1. The minimum Gasteiger partial charge on any atom is -0.450 e. The Balaban J connectivity index is 1.31. The molecule has 4 rings (SSSR count). The molecule has 2 aliphatic rings. The highest BCUT2D eigenvalue weighted by Crippen LogP contribution is 2.35. The molecule has 1 spiro atoms. The lowest BCUT2D eigenvalue weighted by atomic mass is 9.77. The fourth-order valence-electron chi connectivity index (χ4n) is 3.89. The van der Waals surface area contributed by atoms with Gasteiger partial charge in [0.2, 0.25) is 5.76 Å². The highest BCUT2D eigenvalue weighted by molar-refractivity contribution is 6.08. The SMILES string of the molecule is CC1CCC2(CC1)NC(=O)N(NC(=O)COC(=O)c1ccc(-c3ccc(F)cc3)o1)C2=O. The maximum absolute atomic E-state index is 13.0. The Hall–Kier alpha value is -3.69. The van der Waals surface area contributed by atoms with E-state index < -0.39 is 41.8 Å². The molecule has 2 N–H and O–H groups in total. The smallest absolute Gasteiger partial charge is 0.374 e. The molecule has 1 aliphatic carbocycles. The van der Waals surface area contributed by atoms with Crippen molar-refractivity contribution in [3.63, 3.8) is 0 Å². The summed E-state index contributed by atoms with van der Waals surface area (Å²) in [5, 5.41) is 3.33. The zero-order valence-corrected chi connectivity index (χ0v) is 17.4. The van der Waals surface area contributed by atoms with Crippen LogP contribution in [0.15, 0.2) is 40.8 Å². The van der Waals surface area contributed by atoms with Crippen LogP contribution in [-0.2, 0) is 14.3 Å². The van der Waals surface area contributed by atoms with Crippen molar-refractivity contribution in [2.45, 2.75) is 38.1 Å². The average molecular weight is 443 g/mol. The number of carbonyl (C=O) groups is 4. The van der Waals surface area contributed by atoms with Gasteiger partial charge in [0.05, 0.1) is 0 Å². The van der Waals surface area contributed by atoms with Crippen LogP contribution in [0.1, 0.15) is 43.2 Å². The van der Waals surface area contributed by atoms with E-state index in [1.54, 1.807) is 0 Å². The fourth-order valence-corrected chi connectivity index (χ4v) is 3.89. The summed E-state index contributed by atoms with van der Waals surface area (Å²) in [7, 11) is 0. The number of carbonyl (C=O) groups excluding carboxylic acids is 4. The van der Waals surface area contributed by atoms with Gasteiger partial charge in [-0.3, -0.25) is 15.0 Å². The quantitative estimate of drug-likeness (QED) is 0.542. The number of esters is 1. The van der Waals surface area contributed by atoms with Gasteiger partial charge in [0.15, 0.2) is 6.61 Å². The summed E-state index contributed by atoms with van der Waals surface area (Å²) in [6, 6.07) is 7.68. The summed E-state index contributed by atoms with van der Waals surface area (Å²) in [4.78, 5) is 49.3. The predicted octanol–water partition coefficient (Wildman–Crippen LogP) is 2.77. The number of amides is 4. The van der Waals surface area contributed by atoms with Crippen LogP contribution in [0.2, 0.25) is 0 Å². The lowest BCUT2D eigenvalue weighted by Crippen LogP contribution is -2.52. The fraction of sp³-hybridized carbons (Fsp3) is 0.364. The van der Waals surface area contributed by atoms with Crippen LogP contribution in [0.3, 0.4) is 0 Å². The molecule has 2 aromatic rings. The normalized spacial score (nSPS) is 22.7. The monoisotopic (exact) mass is 443 g/mol. The summed E-state index contributed by atoms with van der Waals surface area (Å²) in [5.74, 6) is -2.00. The number of benzene rings is 1. The first-order valence-electron chi connectivity index (χ1n) is 10.3. The second-order valence-corrected chi connectivity index (χ2v) is 8.12. The number of ether oxygens (including phenoxy) is 1. The Kier molecular flexibility index (Phi) is 5.68. The van der Waals surface area contributed by atoms with Crippen molar-refractivity contribution in [1.82, 2.24) is 15.8 Å². The van der Waals surface area contributed by atoms with Gasteiger partial charge in [-0.15, -0.1) is 0 Å². The molecule has 1 saturated carbocycles. The Morgan fingerprint density at radius 1 is 1.19 bits per heavy atom. The van der Waals surface area contributed by atoms with Gasteiger partial charge < -0.3 is 14.5 Å². The minimum absolute atomic E-state index is 0.151. The first-order valence-corrected chi connectivity index (χ1v) is 10.3. The molecular formula is C22H22FN3O6. The van der Waals surface area contributed by atoms with Crippen molar-refractivity contribution in [3.05, 3.63) is 48.0 Å². The minimum atomic E-state index is -0.988. The van der Waals surface area contributed by atoms with Crippen LogP contribution >= 0.6 is 0 Å². The first-order chi connectivity index (χ1) is 15.3. The van der Waals surface area contributed by atoms with Crippen molar-refractivity contribution < 1.29 is 32.7 Å². The summed E-state index contributed by atoms with van der Waals surface area (Å²) >= 11 is 0. The third-order valence-electron chi connectivity index (χ3n) is 5.80. The maximum atomic E-state index is 13.0. The molecule has 0 unspecified atom stereocenters. The second-order valence-electron chi connectivity index (χ2n) is 8.12. The highest BCUT2D eigenvalue weighted by atomic mass is 19.1. The van der Waals surface area contributed by atoms with E-state index in [9.17, 15) is 23.6 Å². The number of rotatable bonds is 5. The number of imide groups is 1. The van der Waals surface area contributed by atoms with Gasteiger partial charge >= 0.3 is 12.0 Å². The molecule has 32 heavy (non-hydrogen) atoms. The highest BCUT2D eigenvalue weighted by Gasteiger charge is 2.52. The number of halogens is 1. The summed E-state index contributed by atoms with van der Waals surface area (Å²) in [6.07, 6.45) is 2.62. The van der Waals surface area contributed by atoms with E-state index in [0.29, 0.717) is 35.1 Å². The van der Waals surface area contributed by atoms with E-state index in [4.69, 9.17) is 9.15 Å². The molecule has 0 bridgehead atoms. The Morgan fingerprint density at radius 2 is 1.88 bits per heavy atom. The topological polar surface area (TPSA) is 118 Å². The molecule has 1 saturated heterocycles. The van der Waals surface area contributed by atoms with E-state index in [0.717, 1.165) is 12.8 Å². The van der Waals surface area contributed by atoms with Crippen molar-refractivity contribution in [2.75, 3.05) is 6.61 Å². The Morgan fingerprint density at radius 3 is 2.56 bits per heavy atom. The van der Waals surface area contributed by atoms with Gasteiger partial charge in [-0.25, -0.2) is 14.0 Å². The largest absolute Gasteiger partial charge is 0.450 e. The summed E-state index contributed by atoms with van der Waals surface area (Å²) in [6.45, 7) is 1.37. The third-order valence-corrected chi connectivity index (χ3v) is 5.80. The van der Waals surface area contributed by atoms with Gasteiger partial charge in [-0.2, -0.15) is 5.01 Å².